The van der Waals surface area contributed by atoms with Crippen LogP contribution < -0.4 is 20.2 Å². The van der Waals surface area contributed by atoms with Crippen LogP contribution in [0.1, 0.15) is 12.5 Å². The molecule has 0 heterocycles. The summed E-state index contributed by atoms with van der Waals surface area (Å²) in [5.74, 6) is 0.667. The van der Waals surface area contributed by atoms with Crippen LogP contribution in [-0.2, 0) is 4.79 Å². The Labute approximate surface area is 160 Å². The second-order valence-corrected chi connectivity index (χ2v) is 6.29. The van der Waals surface area contributed by atoms with Gasteiger partial charge in [-0.1, -0.05) is 15.9 Å². The van der Waals surface area contributed by atoms with Crippen molar-refractivity contribution in [3.63, 3.8) is 0 Å². The Morgan fingerprint density at radius 3 is 2.54 bits per heavy atom. The molecule has 0 spiro atoms. The fraction of sp³-hybridized carbons (Fsp3) is 0.222. The summed E-state index contributed by atoms with van der Waals surface area (Å²) in [5, 5.41) is 17.0. The highest BCUT2D eigenvalue weighted by atomic mass is 79.9. The number of phenols is 1. The molecule has 0 radical (unpaired) electrons. The standard InChI is InChI=1S/C18H20BrN3O4/c1-11(21-14-4-6-15(25-2)7-5-14)18(24)22-20-10-12-8-13(19)9-16(26-3)17(12)23/h4-11,21,23H,1-3H3,(H,22,24)/b20-10-/t11-/m1/s1. The van der Waals surface area contributed by atoms with Gasteiger partial charge in [0.2, 0.25) is 0 Å². The fourth-order valence-electron chi connectivity index (χ4n) is 2.11. The molecule has 1 atom stereocenters. The van der Waals surface area contributed by atoms with E-state index in [2.05, 4.69) is 31.8 Å². The number of nitrogens with one attached hydrogen (secondary N) is 2. The molecule has 138 valence electrons. The topological polar surface area (TPSA) is 92.2 Å². The highest BCUT2D eigenvalue weighted by Crippen LogP contribution is 2.32. The molecule has 2 aromatic rings. The van der Waals surface area contributed by atoms with E-state index in [1.807, 2.05) is 12.1 Å². The maximum Gasteiger partial charge on any atom is 0.262 e. The molecule has 0 unspecified atom stereocenters. The van der Waals surface area contributed by atoms with Crippen LogP contribution in [0.5, 0.6) is 17.2 Å². The maximum absolute atomic E-state index is 12.1. The Balaban J connectivity index is 1.96. The molecule has 0 aliphatic carbocycles. The Morgan fingerprint density at radius 1 is 1.23 bits per heavy atom. The van der Waals surface area contributed by atoms with E-state index in [4.69, 9.17) is 9.47 Å². The minimum atomic E-state index is -0.508. The first-order chi connectivity index (χ1) is 12.4. The first-order valence-corrected chi connectivity index (χ1v) is 8.54. The minimum Gasteiger partial charge on any atom is -0.504 e. The SMILES string of the molecule is COc1ccc(N[C@H](C)C(=O)N/N=C\c2cc(Br)cc(OC)c2O)cc1. The van der Waals surface area contributed by atoms with Gasteiger partial charge in [-0.15, -0.1) is 0 Å². The smallest absolute Gasteiger partial charge is 0.262 e. The summed E-state index contributed by atoms with van der Waals surface area (Å²) >= 11 is 3.32. The van der Waals surface area contributed by atoms with Gasteiger partial charge < -0.3 is 19.9 Å². The number of carbonyl (C=O) groups is 1. The van der Waals surface area contributed by atoms with Crippen LogP contribution in [0.15, 0.2) is 46.0 Å². The molecule has 1 amide bonds. The van der Waals surface area contributed by atoms with Gasteiger partial charge in [0.25, 0.3) is 5.91 Å². The number of carbonyl (C=O) groups excluding carboxylic acids is 1. The van der Waals surface area contributed by atoms with Gasteiger partial charge in [0.1, 0.15) is 11.8 Å². The van der Waals surface area contributed by atoms with Crippen molar-refractivity contribution in [2.45, 2.75) is 13.0 Å². The highest BCUT2D eigenvalue weighted by Gasteiger charge is 2.12. The largest absolute Gasteiger partial charge is 0.504 e. The lowest BCUT2D eigenvalue weighted by atomic mass is 10.2. The number of anilines is 1. The van der Waals surface area contributed by atoms with Crippen LogP contribution >= 0.6 is 15.9 Å². The number of hydrogen-bond acceptors (Lipinski definition) is 6. The van der Waals surface area contributed by atoms with Gasteiger partial charge in [0, 0.05) is 15.7 Å². The summed E-state index contributed by atoms with van der Waals surface area (Å²) in [7, 11) is 3.05. The van der Waals surface area contributed by atoms with Gasteiger partial charge in [-0.05, 0) is 43.3 Å². The monoisotopic (exact) mass is 421 g/mol. The molecule has 7 nitrogen and oxygen atoms in total. The molecular formula is C18H20BrN3O4. The number of ether oxygens (including phenoxy) is 2. The summed E-state index contributed by atoms with van der Waals surface area (Å²) in [6, 6.07) is 10.0. The summed E-state index contributed by atoms with van der Waals surface area (Å²) in [5.41, 5.74) is 3.63. The van der Waals surface area contributed by atoms with Gasteiger partial charge >= 0.3 is 0 Å². The van der Waals surface area contributed by atoms with Gasteiger partial charge in [-0.3, -0.25) is 4.79 Å². The number of rotatable bonds is 7. The molecule has 8 heteroatoms. The van der Waals surface area contributed by atoms with Crippen molar-refractivity contribution in [1.82, 2.24) is 5.43 Å². The van der Waals surface area contributed by atoms with Crippen molar-refractivity contribution < 1.29 is 19.4 Å². The zero-order chi connectivity index (χ0) is 19.1. The lowest BCUT2D eigenvalue weighted by molar-refractivity contribution is -0.121. The van der Waals surface area contributed by atoms with E-state index < -0.39 is 6.04 Å². The quantitative estimate of drug-likeness (QED) is 0.471. The molecule has 0 aliphatic heterocycles. The van der Waals surface area contributed by atoms with Crippen LogP contribution in [0, 0.1) is 0 Å². The fourth-order valence-corrected chi connectivity index (χ4v) is 2.57. The Hall–Kier alpha value is -2.74. The van der Waals surface area contributed by atoms with Gasteiger partial charge in [0.05, 0.1) is 20.4 Å². The maximum atomic E-state index is 12.1. The minimum absolute atomic E-state index is 0.0573. The summed E-state index contributed by atoms with van der Waals surface area (Å²) in [6.45, 7) is 1.72. The third-order valence-electron chi connectivity index (χ3n) is 3.53. The van der Waals surface area contributed by atoms with E-state index in [0.29, 0.717) is 11.3 Å². The number of benzene rings is 2. The zero-order valence-electron chi connectivity index (χ0n) is 14.6. The van der Waals surface area contributed by atoms with Crippen molar-refractivity contribution in [3.05, 3.63) is 46.4 Å². The van der Waals surface area contributed by atoms with Crippen molar-refractivity contribution >= 4 is 33.7 Å². The number of hydrazone groups is 1. The Kier molecular flexibility index (Phi) is 6.85. The third kappa shape index (κ3) is 5.13. The Morgan fingerprint density at radius 2 is 1.92 bits per heavy atom. The van der Waals surface area contributed by atoms with E-state index in [9.17, 15) is 9.90 Å². The van der Waals surface area contributed by atoms with Crippen molar-refractivity contribution in [1.29, 1.82) is 0 Å². The molecule has 0 aromatic heterocycles. The number of amides is 1. The molecule has 0 saturated carbocycles. The summed E-state index contributed by atoms with van der Waals surface area (Å²) < 4.78 is 10.9. The lowest BCUT2D eigenvalue weighted by Gasteiger charge is -2.13. The molecule has 3 N–H and O–H groups in total. The highest BCUT2D eigenvalue weighted by molar-refractivity contribution is 9.10. The molecule has 0 saturated heterocycles. The first-order valence-electron chi connectivity index (χ1n) is 7.74. The van der Waals surface area contributed by atoms with Crippen molar-refractivity contribution in [2.75, 3.05) is 19.5 Å². The average Bonchev–Trinajstić information content (AvgIpc) is 2.64. The third-order valence-corrected chi connectivity index (χ3v) is 3.99. The number of phenolic OH excluding ortho intramolecular Hbond substituents is 1. The van der Waals surface area contributed by atoms with E-state index in [-0.39, 0.29) is 11.7 Å². The number of halogens is 1. The number of aromatic hydroxyl groups is 1. The molecule has 0 bridgehead atoms. The second-order valence-electron chi connectivity index (χ2n) is 5.37. The number of methoxy groups -OCH3 is 2. The predicted molar refractivity (Wildman–Crippen MR) is 104 cm³/mol. The lowest BCUT2D eigenvalue weighted by Crippen LogP contribution is -2.34. The molecule has 2 rings (SSSR count). The van der Waals surface area contributed by atoms with Crippen LogP contribution in [0.2, 0.25) is 0 Å². The van der Waals surface area contributed by atoms with Crippen LogP contribution in [-0.4, -0.2) is 37.5 Å². The Bertz CT molecular complexity index is 794. The van der Waals surface area contributed by atoms with E-state index >= 15 is 0 Å². The van der Waals surface area contributed by atoms with E-state index in [1.54, 1.807) is 38.3 Å². The predicted octanol–water partition coefficient (Wildman–Crippen LogP) is 3.12. The van der Waals surface area contributed by atoms with Crippen LogP contribution in [0.3, 0.4) is 0 Å². The molecule has 2 aromatic carbocycles. The van der Waals surface area contributed by atoms with Crippen LogP contribution in [0.25, 0.3) is 0 Å². The molecule has 0 aliphatic rings. The van der Waals surface area contributed by atoms with Crippen molar-refractivity contribution in [3.8, 4) is 17.2 Å². The molecule has 0 fully saturated rings. The van der Waals surface area contributed by atoms with E-state index in [0.717, 1.165) is 15.9 Å². The normalized spacial score (nSPS) is 11.8. The van der Waals surface area contributed by atoms with Gasteiger partial charge in [-0.25, -0.2) is 5.43 Å². The number of nitrogens with zero attached hydrogens (tertiary/aromatic N) is 1. The zero-order valence-corrected chi connectivity index (χ0v) is 16.2. The second kappa shape index (κ2) is 9.10. The number of hydrogen-bond donors (Lipinski definition) is 3. The summed E-state index contributed by atoms with van der Waals surface area (Å²) in [4.78, 5) is 12.1. The van der Waals surface area contributed by atoms with Gasteiger partial charge in [0.15, 0.2) is 11.5 Å². The van der Waals surface area contributed by atoms with E-state index in [1.165, 1.54) is 13.3 Å². The van der Waals surface area contributed by atoms with Gasteiger partial charge in [-0.2, -0.15) is 5.10 Å². The summed E-state index contributed by atoms with van der Waals surface area (Å²) in [6.07, 6.45) is 1.35. The molecular weight excluding hydrogens is 402 g/mol. The molecule has 26 heavy (non-hydrogen) atoms. The first kappa shape index (κ1) is 19.6. The average molecular weight is 422 g/mol. The van der Waals surface area contributed by atoms with Crippen molar-refractivity contribution in [2.24, 2.45) is 5.10 Å². The van der Waals surface area contributed by atoms with Crippen LogP contribution in [0.4, 0.5) is 5.69 Å².